The molecule has 0 saturated carbocycles. The summed E-state index contributed by atoms with van der Waals surface area (Å²) in [5.41, 5.74) is -0.00378. The largest absolute Gasteiger partial charge is 0.465 e. The molecule has 1 aliphatic rings. The summed E-state index contributed by atoms with van der Waals surface area (Å²) in [6.07, 6.45) is -1.18. The normalized spacial score (nSPS) is 18.9. The number of alkyl carbamates (subject to hydrolysis) is 1. The second-order valence-corrected chi connectivity index (χ2v) is 12.1. The number of aromatic nitrogens is 2. The number of amides is 3. The van der Waals surface area contributed by atoms with Crippen molar-refractivity contribution in [3.63, 3.8) is 0 Å². The van der Waals surface area contributed by atoms with E-state index < -0.39 is 53.5 Å². The molecule has 0 bridgehead atoms. The molecule has 4 atom stereocenters. The van der Waals surface area contributed by atoms with E-state index in [9.17, 15) is 24.3 Å². The van der Waals surface area contributed by atoms with Crippen LogP contribution in [0.3, 0.4) is 0 Å². The maximum absolute atomic E-state index is 13.1. The second kappa shape index (κ2) is 13.8. The molecule has 230 valence electrons. The molecule has 0 aliphatic carbocycles. The average molecular weight is 612 g/mol. The molecule has 1 fully saturated rings. The van der Waals surface area contributed by atoms with Gasteiger partial charge in [-0.25, -0.2) is 9.59 Å². The van der Waals surface area contributed by atoms with Crippen molar-refractivity contribution in [2.24, 2.45) is 5.41 Å². The van der Waals surface area contributed by atoms with E-state index in [1.807, 2.05) is 54.8 Å². The van der Waals surface area contributed by atoms with Crippen LogP contribution >= 0.6 is 11.3 Å². The minimum Gasteiger partial charge on any atom is -0.465 e. The summed E-state index contributed by atoms with van der Waals surface area (Å²) in [7, 11) is 0. The molecular weight excluding hydrogens is 574 g/mol. The topological polar surface area (TPSA) is 164 Å². The van der Waals surface area contributed by atoms with E-state index in [0.29, 0.717) is 18.1 Å². The quantitative estimate of drug-likeness (QED) is 0.243. The van der Waals surface area contributed by atoms with E-state index in [1.165, 1.54) is 16.2 Å². The first-order valence-electron chi connectivity index (χ1n) is 14.2. The van der Waals surface area contributed by atoms with Gasteiger partial charge in [0.05, 0.1) is 23.5 Å². The van der Waals surface area contributed by atoms with Gasteiger partial charge in [-0.1, -0.05) is 75.2 Å². The number of carbonyl (C=O) groups excluding carboxylic acids is 3. The molecule has 1 unspecified atom stereocenters. The molecule has 2 aromatic heterocycles. The lowest BCUT2D eigenvalue weighted by Gasteiger charge is -2.32. The first kappa shape index (κ1) is 31.7. The Hall–Kier alpha value is -4.26. The Morgan fingerprint density at radius 2 is 1.91 bits per heavy atom. The lowest BCUT2D eigenvalue weighted by Crippen LogP contribution is -2.49. The Morgan fingerprint density at radius 1 is 1.16 bits per heavy atom. The Bertz CT molecular complexity index is 1410. The smallest absolute Gasteiger partial charge is 0.408 e. The van der Waals surface area contributed by atoms with Crippen LogP contribution in [-0.4, -0.2) is 68.8 Å². The number of ether oxygens (including phenoxy) is 1. The molecule has 3 heterocycles. The predicted octanol–water partition coefficient (Wildman–Crippen LogP) is 4.83. The predicted molar refractivity (Wildman–Crippen MR) is 158 cm³/mol. The number of rotatable bonds is 12. The average Bonchev–Trinajstić information content (AvgIpc) is 3.73. The monoisotopic (exact) mass is 611 g/mol. The summed E-state index contributed by atoms with van der Waals surface area (Å²) in [5, 5.41) is 21.1. The number of likely N-dealkylation sites (tertiary alicyclic amines) is 1. The minimum absolute atomic E-state index is 0.0846. The fraction of sp³-hybridized carbons (Fsp3) is 0.467. The Kier molecular flexibility index (Phi) is 10.2. The standard InChI is InChI=1S/C30H37N5O7S/c1-5-6-13-20(25(36)26(37)31-18(2)19-11-8-7-9-12-19)32-28(38)41-23-17-35(29(39)40)22(30(23,3)4)16-24-33-27(42-34-24)21-14-10-15-43-21/h7-12,14-15,18,20,22-23H,5-6,13,16-17H2,1-4H3,(H,31,37)(H,32,38)(H,39,40)/t18-,20+,22?,23-/m1/s1. The zero-order valence-corrected chi connectivity index (χ0v) is 25.4. The highest BCUT2D eigenvalue weighted by molar-refractivity contribution is 7.13. The number of carboxylic acid groups (broad SMARTS) is 1. The summed E-state index contributed by atoms with van der Waals surface area (Å²) in [6.45, 7) is 7.23. The number of unbranched alkanes of at least 4 members (excludes halogenated alkanes) is 1. The van der Waals surface area contributed by atoms with E-state index in [2.05, 4.69) is 20.8 Å². The van der Waals surface area contributed by atoms with Crippen molar-refractivity contribution < 1.29 is 33.5 Å². The molecular formula is C30H37N5O7S. The second-order valence-electron chi connectivity index (χ2n) is 11.2. The Morgan fingerprint density at radius 3 is 2.56 bits per heavy atom. The van der Waals surface area contributed by atoms with Crippen LogP contribution in [0.4, 0.5) is 9.59 Å². The summed E-state index contributed by atoms with van der Waals surface area (Å²) < 4.78 is 11.1. The van der Waals surface area contributed by atoms with Gasteiger partial charge < -0.3 is 29.9 Å². The van der Waals surface area contributed by atoms with E-state index in [0.717, 1.165) is 16.9 Å². The summed E-state index contributed by atoms with van der Waals surface area (Å²) >= 11 is 1.45. The van der Waals surface area contributed by atoms with E-state index >= 15 is 0 Å². The van der Waals surface area contributed by atoms with Crippen molar-refractivity contribution in [2.45, 2.75) is 77.6 Å². The number of benzene rings is 1. The highest BCUT2D eigenvalue weighted by atomic mass is 32.1. The van der Waals surface area contributed by atoms with Crippen LogP contribution in [0.2, 0.25) is 0 Å². The zero-order chi connectivity index (χ0) is 31.1. The first-order valence-corrected chi connectivity index (χ1v) is 15.1. The highest BCUT2D eigenvalue weighted by Gasteiger charge is 2.52. The van der Waals surface area contributed by atoms with Gasteiger partial charge in [0, 0.05) is 11.8 Å². The number of hydrogen-bond donors (Lipinski definition) is 3. The lowest BCUT2D eigenvalue weighted by atomic mass is 9.81. The third-order valence-corrected chi connectivity index (χ3v) is 8.68. The van der Waals surface area contributed by atoms with Crippen molar-refractivity contribution in [3.05, 3.63) is 59.2 Å². The van der Waals surface area contributed by atoms with Crippen molar-refractivity contribution in [3.8, 4) is 10.8 Å². The third-order valence-electron chi connectivity index (χ3n) is 7.82. The van der Waals surface area contributed by atoms with Crippen LogP contribution < -0.4 is 10.6 Å². The van der Waals surface area contributed by atoms with Gasteiger partial charge in [0.25, 0.3) is 11.8 Å². The SMILES string of the molecule is CCCC[C@H](NC(=O)O[C@@H]1CN(C(=O)O)C(Cc2noc(-c3cccs3)n2)C1(C)C)C(=O)C(=O)N[C@H](C)c1ccccc1. The number of thiophene rings is 1. The van der Waals surface area contributed by atoms with E-state index in [1.54, 1.807) is 20.8 Å². The molecule has 3 aromatic rings. The maximum Gasteiger partial charge on any atom is 0.408 e. The van der Waals surface area contributed by atoms with Crippen LogP contribution in [0.15, 0.2) is 52.4 Å². The molecule has 0 radical (unpaired) electrons. The van der Waals surface area contributed by atoms with Gasteiger partial charge in [0.2, 0.25) is 5.78 Å². The molecule has 1 aromatic carbocycles. The van der Waals surface area contributed by atoms with Crippen LogP contribution in [0, 0.1) is 5.41 Å². The van der Waals surface area contributed by atoms with Crippen molar-refractivity contribution >= 4 is 35.2 Å². The van der Waals surface area contributed by atoms with E-state index in [4.69, 9.17) is 9.26 Å². The number of ketones is 1. The Labute approximate surface area is 253 Å². The maximum atomic E-state index is 13.1. The molecule has 43 heavy (non-hydrogen) atoms. The molecule has 1 saturated heterocycles. The number of carbonyl (C=O) groups is 4. The molecule has 1 aliphatic heterocycles. The van der Waals surface area contributed by atoms with Crippen LogP contribution in [0.5, 0.6) is 0 Å². The number of hydrogen-bond acceptors (Lipinski definition) is 9. The molecule has 3 N–H and O–H groups in total. The molecule has 3 amide bonds. The number of nitrogens with zero attached hydrogens (tertiary/aromatic N) is 3. The summed E-state index contributed by atoms with van der Waals surface area (Å²) in [5.74, 6) is -0.903. The highest BCUT2D eigenvalue weighted by Crippen LogP contribution is 2.40. The van der Waals surface area contributed by atoms with Gasteiger partial charge >= 0.3 is 12.2 Å². The molecule has 0 spiro atoms. The van der Waals surface area contributed by atoms with Gasteiger partial charge in [-0.3, -0.25) is 9.59 Å². The Balaban J connectivity index is 1.42. The number of nitrogens with one attached hydrogen (secondary N) is 2. The van der Waals surface area contributed by atoms with E-state index in [-0.39, 0.29) is 19.4 Å². The first-order chi connectivity index (χ1) is 20.5. The van der Waals surface area contributed by atoms with Crippen LogP contribution in [0.25, 0.3) is 10.8 Å². The summed E-state index contributed by atoms with van der Waals surface area (Å²) in [4.78, 5) is 57.6. The number of Topliss-reactive ketones (excluding diaryl/α,β-unsaturated/α-hetero) is 1. The van der Waals surface area contributed by atoms with Gasteiger partial charge in [0.1, 0.15) is 12.1 Å². The lowest BCUT2D eigenvalue weighted by molar-refractivity contribution is -0.139. The van der Waals surface area contributed by atoms with Crippen molar-refractivity contribution in [1.82, 2.24) is 25.7 Å². The fourth-order valence-corrected chi connectivity index (χ4v) is 5.82. The molecule has 12 nitrogen and oxygen atoms in total. The minimum atomic E-state index is -1.17. The zero-order valence-electron chi connectivity index (χ0n) is 24.6. The van der Waals surface area contributed by atoms with Crippen LogP contribution in [-0.2, 0) is 20.7 Å². The van der Waals surface area contributed by atoms with Gasteiger partial charge in [-0.05, 0) is 30.4 Å². The fourth-order valence-electron chi connectivity index (χ4n) is 5.17. The van der Waals surface area contributed by atoms with Gasteiger partial charge in [-0.15, -0.1) is 11.3 Å². The summed E-state index contributed by atoms with van der Waals surface area (Å²) in [6, 6.07) is 10.8. The third kappa shape index (κ3) is 7.58. The molecule has 4 rings (SSSR count). The van der Waals surface area contributed by atoms with Crippen molar-refractivity contribution in [2.75, 3.05) is 6.54 Å². The van der Waals surface area contributed by atoms with Gasteiger partial charge in [-0.2, -0.15) is 4.98 Å². The van der Waals surface area contributed by atoms with Crippen molar-refractivity contribution in [1.29, 1.82) is 0 Å². The van der Waals surface area contributed by atoms with Gasteiger partial charge in [0.15, 0.2) is 5.82 Å². The van der Waals surface area contributed by atoms with Crippen LogP contribution in [0.1, 0.15) is 64.4 Å². The molecule has 13 heteroatoms.